The van der Waals surface area contributed by atoms with Gasteiger partial charge in [0.05, 0.1) is 0 Å². The van der Waals surface area contributed by atoms with E-state index in [0.717, 1.165) is 0 Å². The molecule has 18 heavy (non-hydrogen) atoms. The Morgan fingerprint density at radius 3 is 2.39 bits per heavy atom. The molecule has 0 saturated carbocycles. The van der Waals surface area contributed by atoms with Crippen LogP contribution in [-0.2, 0) is 9.47 Å². The van der Waals surface area contributed by atoms with Crippen molar-refractivity contribution < 1.29 is 14.3 Å². The molecule has 8 heteroatoms. The Hall–Kier alpha value is -1.25. The predicted molar refractivity (Wildman–Crippen MR) is 67.0 cm³/mol. The molecule has 1 saturated heterocycles. The van der Waals surface area contributed by atoms with Crippen LogP contribution in [0, 0.1) is 0 Å². The van der Waals surface area contributed by atoms with Gasteiger partial charge in [-0.25, -0.2) is 0 Å². The average Bonchev–Trinajstić information content (AvgIpc) is 3.03. The molecule has 1 aliphatic rings. The number of likely N-dealkylation sites (tertiary alicyclic amines) is 1. The number of carbonyl (C=O) groups excluding carboxylic acids is 1. The minimum atomic E-state index is -0.129. The van der Waals surface area contributed by atoms with Crippen LogP contribution in [0.1, 0.15) is 9.80 Å². The topological polar surface area (TPSA) is 76.6 Å². The van der Waals surface area contributed by atoms with E-state index in [9.17, 15) is 4.79 Å². The van der Waals surface area contributed by atoms with Gasteiger partial charge in [-0.05, 0) is 0 Å². The van der Waals surface area contributed by atoms with Gasteiger partial charge in [0.1, 0.15) is 12.2 Å². The summed E-state index contributed by atoms with van der Waals surface area (Å²) in [5.74, 6) is -0.129. The van der Waals surface area contributed by atoms with Gasteiger partial charge in [-0.2, -0.15) is 0 Å². The molecular formula is C10H16N4O3S. The number of carbonyl (C=O) groups is 1. The molecule has 0 bridgehead atoms. The number of amides is 1. The molecule has 1 aromatic rings. The highest BCUT2D eigenvalue weighted by molar-refractivity contribution is 7.17. The lowest BCUT2D eigenvalue weighted by Crippen LogP contribution is -2.30. The van der Waals surface area contributed by atoms with Crippen LogP contribution in [0.4, 0.5) is 5.13 Å². The van der Waals surface area contributed by atoms with E-state index in [1.165, 1.54) is 11.3 Å². The van der Waals surface area contributed by atoms with Crippen molar-refractivity contribution in [3.63, 3.8) is 0 Å². The van der Waals surface area contributed by atoms with Crippen LogP contribution in [0.3, 0.4) is 0 Å². The van der Waals surface area contributed by atoms with E-state index < -0.39 is 0 Å². The van der Waals surface area contributed by atoms with Crippen molar-refractivity contribution in [2.45, 2.75) is 12.2 Å². The maximum absolute atomic E-state index is 12.2. The smallest absolute Gasteiger partial charge is 0.285 e. The summed E-state index contributed by atoms with van der Waals surface area (Å²) in [6.45, 7) is 1.03. The molecule has 2 rings (SSSR count). The van der Waals surface area contributed by atoms with Gasteiger partial charge in [-0.15, -0.1) is 10.2 Å². The van der Waals surface area contributed by atoms with Crippen molar-refractivity contribution in [3.05, 3.63) is 5.01 Å². The van der Waals surface area contributed by atoms with E-state index in [1.54, 1.807) is 26.2 Å². The van der Waals surface area contributed by atoms with Crippen LogP contribution in [0.2, 0.25) is 0 Å². The minimum absolute atomic E-state index is 0.0874. The lowest BCUT2D eigenvalue weighted by atomic mass is 10.3. The lowest BCUT2D eigenvalue weighted by Gasteiger charge is -2.13. The quantitative estimate of drug-likeness (QED) is 0.835. The van der Waals surface area contributed by atoms with E-state index in [2.05, 4.69) is 15.5 Å². The Labute approximate surface area is 109 Å². The molecule has 1 aromatic heterocycles. The Morgan fingerprint density at radius 2 is 1.94 bits per heavy atom. The highest BCUT2D eigenvalue weighted by atomic mass is 32.1. The Kier molecular flexibility index (Phi) is 4.10. The maximum Gasteiger partial charge on any atom is 0.285 e. The van der Waals surface area contributed by atoms with Crippen LogP contribution in [0.5, 0.6) is 0 Å². The first-order chi connectivity index (χ1) is 8.69. The van der Waals surface area contributed by atoms with E-state index in [1.807, 2.05) is 0 Å². The van der Waals surface area contributed by atoms with Crippen LogP contribution in [-0.4, -0.2) is 67.6 Å². The molecule has 2 atom stereocenters. The molecule has 100 valence electrons. The number of ether oxygens (including phenoxy) is 2. The van der Waals surface area contributed by atoms with Gasteiger partial charge >= 0.3 is 0 Å². The summed E-state index contributed by atoms with van der Waals surface area (Å²) < 4.78 is 10.6. The zero-order chi connectivity index (χ0) is 13.1. The van der Waals surface area contributed by atoms with E-state index in [0.29, 0.717) is 23.2 Å². The molecule has 2 heterocycles. The third-order valence-electron chi connectivity index (χ3n) is 2.93. The van der Waals surface area contributed by atoms with Crippen molar-refractivity contribution in [3.8, 4) is 0 Å². The fourth-order valence-electron chi connectivity index (χ4n) is 1.91. The molecule has 1 aliphatic heterocycles. The number of hydrogen-bond donors (Lipinski definition) is 1. The molecule has 7 nitrogen and oxygen atoms in total. The third-order valence-corrected chi connectivity index (χ3v) is 3.86. The summed E-state index contributed by atoms with van der Waals surface area (Å²) >= 11 is 1.24. The molecule has 0 aliphatic carbocycles. The number of anilines is 1. The molecule has 1 N–H and O–H groups in total. The van der Waals surface area contributed by atoms with Crippen molar-refractivity contribution in [2.24, 2.45) is 0 Å². The summed E-state index contributed by atoms with van der Waals surface area (Å²) in [5.41, 5.74) is 0. The van der Waals surface area contributed by atoms with Crippen LogP contribution < -0.4 is 5.32 Å². The number of nitrogens with zero attached hydrogens (tertiary/aromatic N) is 3. The van der Waals surface area contributed by atoms with E-state index >= 15 is 0 Å². The second-order valence-corrected chi connectivity index (χ2v) is 4.90. The van der Waals surface area contributed by atoms with E-state index in [-0.39, 0.29) is 18.1 Å². The Morgan fingerprint density at radius 1 is 1.33 bits per heavy atom. The second kappa shape index (κ2) is 5.59. The normalized spacial score (nSPS) is 23.4. The van der Waals surface area contributed by atoms with Crippen molar-refractivity contribution >= 4 is 22.4 Å². The fraction of sp³-hybridized carbons (Fsp3) is 0.700. The van der Waals surface area contributed by atoms with Gasteiger partial charge in [0, 0.05) is 34.4 Å². The number of nitrogens with one attached hydrogen (secondary N) is 1. The monoisotopic (exact) mass is 272 g/mol. The summed E-state index contributed by atoms with van der Waals surface area (Å²) in [4.78, 5) is 13.9. The second-order valence-electron chi connectivity index (χ2n) is 3.92. The first kappa shape index (κ1) is 13.2. The highest BCUT2D eigenvalue weighted by Crippen LogP contribution is 2.21. The standard InChI is InChI=1S/C10H16N4O3S/c1-11-10-13-12-8(18-10)9(15)14-4-6(16-2)7(5-14)17-3/h6-7H,4-5H2,1-3H3,(H,11,13). The molecular weight excluding hydrogens is 256 g/mol. The Balaban J connectivity index is 2.06. The highest BCUT2D eigenvalue weighted by Gasteiger charge is 2.36. The molecule has 0 aromatic carbocycles. The predicted octanol–water partition coefficient (Wildman–Crippen LogP) is 0.0656. The van der Waals surface area contributed by atoms with Crippen LogP contribution in [0.25, 0.3) is 0 Å². The van der Waals surface area contributed by atoms with Gasteiger partial charge in [0.25, 0.3) is 5.91 Å². The van der Waals surface area contributed by atoms with Gasteiger partial charge in [-0.1, -0.05) is 11.3 Å². The first-order valence-corrected chi connectivity index (χ1v) is 6.37. The molecule has 0 radical (unpaired) electrons. The van der Waals surface area contributed by atoms with Crippen LogP contribution in [0.15, 0.2) is 0 Å². The summed E-state index contributed by atoms with van der Waals surface area (Å²) in [7, 11) is 4.98. The summed E-state index contributed by atoms with van der Waals surface area (Å²) in [5, 5.41) is 11.6. The van der Waals surface area contributed by atoms with Crippen molar-refractivity contribution in [2.75, 3.05) is 39.7 Å². The molecule has 1 fully saturated rings. The van der Waals surface area contributed by atoms with Gasteiger partial charge in [0.2, 0.25) is 10.1 Å². The first-order valence-electron chi connectivity index (χ1n) is 5.55. The molecule has 2 unspecified atom stereocenters. The molecule has 0 spiro atoms. The maximum atomic E-state index is 12.2. The fourth-order valence-corrected chi connectivity index (χ4v) is 2.57. The zero-order valence-electron chi connectivity index (χ0n) is 10.5. The van der Waals surface area contributed by atoms with Crippen molar-refractivity contribution in [1.29, 1.82) is 0 Å². The van der Waals surface area contributed by atoms with Gasteiger partial charge in [-0.3, -0.25) is 4.79 Å². The third kappa shape index (κ3) is 2.45. The minimum Gasteiger partial charge on any atom is -0.377 e. The summed E-state index contributed by atoms with van der Waals surface area (Å²) in [6.07, 6.45) is -0.175. The van der Waals surface area contributed by atoms with Crippen LogP contribution >= 0.6 is 11.3 Å². The number of methoxy groups -OCH3 is 2. The van der Waals surface area contributed by atoms with Gasteiger partial charge < -0.3 is 19.7 Å². The Bertz CT molecular complexity index is 413. The average molecular weight is 272 g/mol. The molecule has 1 amide bonds. The lowest BCUT2D eigenvalue weighted by molar-refractivity contribution is -0.00461. The van der Waals surface area contributed by atoms with E-state index in [4.69, 9.17) is 9.47 Å². The zero-order valence-corrected chi connectivity index (χ0v) is 11.4. The number of rotatable bonds is 4. The van der Waals surface area contributed by atoms with Crippen molar-refractivity contribution in [1.82, 2.24) is 15.1 Å². The number of hydrogen-bond acceptors (Lipinski definition) is 7. The largest absolute Gasteiger partial charge is 0.377 e. The van der Waals surface area contributed by atoms with Gasteiger partial charge in [0.15, 0.2) is 0 Å². The summed E-state index contributed by atoms with van der Waals surface area (Å²) in [6, 6.07) is 0. The SMILES string of the molecule is CNc1nnc(C(=O)N2CC(OC)C(OC)C2)s1. The number of aromatic nitrogens is 2.